The van der Waals surface area contributed by atoms with Crippen molar-refractivity contribution in [3.8, 4) is 0 Å². The van der Waals surface area contributed by atoms with Crippen LogP contribution in [0.4, 0.5) is 0 Å². The van der Waals surface area contributed by atoms with Gasteiger partial charge in [-0.2, -0.15) is 0 Å². The maximum atomic E-state index is 10.3. The van der Waals surface area contributed by atoms with Crippen LogP contribution >= 0.6 is 0 Å². The summed E-state index contributed by atoms with van der Waals surface area (Å²) in [5, 5.41) is 20.6. The Bertz CT molecular complexity index is 314. The van der Waals surface area contributed by atoms with Crippen LogP contribution in [0.25, 0.3) is 0 Å². The van der Waals surface area contributed by atoms with Crippen LogP contribution in [-0.4, -0.2) is 21.4 Å². The number of rotatable bonds is 0. The Morgan fingerprint density at radius 2 is 1.33 bits per heavy atom. The van der Waals surface area contributed by atoms with E-state index in [1.807, 2.05) is 39.8 Å². The molecular weight excluding hydrogens is 188 g/mol. The first kappa shape index (κ1) is 10.9. The topological polar surface area (TPSA) is 40.5 Å². The SMILES string of the molecule is CC1=C[C@](C)(O)[C@@H]2C[C@H]1[C@@](C)(O)C=C2C. The smallest absolute Gasteiger partial charge is 0.0867 e. The molecule has 84 valence electrons. The van der Waals surface area contributed by atoms with Gasteiger partial charge in [0.2, 0.25) is 0 Å². The lowest BCUT2D eigenvalue weighted by Crippen LogP contribution is -2.48. The fourth-order valence-electron chi connectivity index (χ4n) is 3.33. The lowest BCUT2D eigenvalue weighted by Gasteiger charge is -2.47. The predicted molar refractivity (Wildman–Crippen MR) is 60.4 cm³/mol. The Balaban J connectivity index is 2.51. The van der Waals surface area contributed by atoms with Crippen molar-refractivity contribution in [1.29, 1.82) is 0 Å². The average Bonchev–Trinajstić information content (AvgIpc) is 1.98. The van der Waals surface area contributed by atoms with E-state index in [-0.39, 0.29) is 11.8 Å². The molecule has 0 aromatic heterocycles. The molecule has 2 N–H and O–H groups in total. The van der Waals surface area contributed by atoms with Crippen molar-refractivity contribution in [2.24, 2.45) is 11.8 Å². The quantitative estimate of drug-likeness (QED) is 0.598. The van der Waals surface area contributed by atoms with E-state index in [4.69, 9.17) is 0 Å². The van der Waals surface area contributed by atoms with E-state index < -0.39 is 11.2 Å². The molecule has 4 atom stereocenters. The lowest BCUT2D eigenvalue weighted by atomic mass is 9.61. The van der Waals surface area contributed by atoms with Crippen LogP contribution in [0.1, 0.15) is 34.1 Å². The summed E-state index contributed by atoms with van der Waals surface area (Å²) >= 11 is 0. The first-order valence-electron chi connectivity index (χ1n) is 5.57. The first-order valence-corrected chi connectivity index (χ1v) is 5.57. The van der Waals surface area contributed by atoms with Crippen molar-refractivity contribution in [3.63, 3.8) is 0 Å². The molecule has 2 aliphatic rings. The van der Waals surface area contributed by atoms with Gasteiger partial charge in [0.1, 0.15) is 0 Å². The fraction of sp³-hybridized carbons (Fsp3) is 0.692. The lowest BCUT2D eigenvalue weighted by molar-refractivity contribution is -0.0141. The van der Waals surface area contributed by atoms with Gasteiger partial charge in [-0.15, -0.1) is 0 Å². The monoisotopic (exact) mass is 208 g/mol. The summed E-state index contributed by atoms with van der Waals surface area (Å²) in [7, 11) is 0. The van der Waals surface area contributed by atoms with Crippen LogP contribution in [0, 0.1) is 11.8 Å². The normalized spacial score (nSPS) is 49.7. The van der Waals surface area contributed by atoms with Crippen LogP contribution < -0.4 is 0 Å². The molecule has 0 fully saturated rings. The molecule has 0 radical (unpaired) electrons. The van der Waals surface area contributed by atoms with Crippen molar-refractivity contribution in [2.45, 2.75) is 45.3 Å². The minimum Gasteiger partial charge on any atom is -0.385 e. The van der Waals surface area contributed by atoms with Crippen molar-refractivity contribution < 1.29 is 10.2 Å². The van der Waals surface area contributed by atoms with Gasteiger partial charge in [-0.05, 0) is 34.1 Å². The van der Waals surface area contributed by atoms with E-state index in [0.29, 0.717) is 0 Å². The maximum absolute atomic E-state index is 10.3. The molecule has 2 rings (SSSR count). The summed E-state index contributed by atoms with van der Waals surface area (Å²) in [6, 6.07) is 0. The van der Waals surface area contributed by atoms with Crippen LogP contribution in [0.5, 0.6) is 0 Å². The molecule has 15 heavy (non-hydrogen) atoms. The molecule has 0 saturated carbocycles. The van der Waals surface area contributed by atoms with Gasteiger partial charge in [0, 0.05) is 11.8 Å². The molecule has 2 aliphatic carbocycles. The standard InChI is InChI=1S/C13H20O2/c1-8-6-12(3,14)11-5-10(8)13(4,15)7-9(11)2/h6-7,10-11,14-15H,5H2,1-4H3/t10-,11-,12+,13+/m1/s1. The van der Waals surface area contributed by atoms with Gasteiger partial charge in [0.05, 0.1) is 11.2 Å². The van der Waals surface area contributed by atoms with Gasteiger partial charge < -0.3 is 10.2 Å². The van der Waals surface area contributed by atoms with Crippen molar-refractivity contribution in [1.82, 2.24) is 0 Å². The highest BCUT2D eigenvalue weighted by atomic mass is 16.3. The predicted octanol–water partition coefficient (Wildman–Crippen LogP) is 2.03. The summed E-state index contributed by atoms with van der Waals surface area (Å²) < 4.78 is 0. The van der Waals surface area contributed by atoms with E-state index in [9.17, 15) is 10.2 Å². The van der Waals surface area contributed by atoms with Crippen LogP contribution in [-0.2, 0) is 0 Å². The third kappa shape index (κ3) is 1.56. The second kappa shape index (κ2) is 2.96. The highest BCUT2D eigenvalue weighted by Gasteiger charge is 2.46. The fourth-order valence-corrected chi connectivity index (χ4v) is 3.33. The molecular formula is C13H20O2. The largest absolute Gasteiger partial charge is 0.385 e. The highest BCUT2D eigenvalue weighted by Crippen LogP contribution is 2.48. The third-order valence-electron chi connectivity index (χ3n) is 4.02. The van der Waals surface area contributed by atoms with E-state index in [1.165, 1.54) is 0 Å². The van der Waals surface area contributed by atoms with Crippen molar-refractivity contribution >= 4 is 0 Å². The summed E-state index contributed by atoms with van der Waals surface area (Å²) in [6.45, 7) is 7.71. The number of fused-ring (bicyclic) bond motifs is 2. The van der Waals surface area contributed by atoms with Crippen LogP contribution in [0.3, 0.4) is 0 Å². The van der Waals surface area contributed by atoms with Gasteiger partial charge in [0.15, 0.2) is 0 Å². The van der Waals surface area contributed by atoms with E-state index >= 15 is 0 Å². The Labute approximate surface area is 91.3 Å². The molecule has 2 heteroatoms. The highest BCUT2D eigenvalue weighted by molar-refractivity contribution is 5.33. The molecule has 0 saturated heterocycles. The third-order valence-corrected chi connectivity index (χ3v) is 4.02. The van der Waals surface area contributed by atoms with Crippen LogP contribution in [0.15, 0.2) is 23.3 Å². The zero-order valence-corrected chi connectivity index (χ0v) is 9.91. The van der Waals surface area contributed by atoms with Gasteiger partial charge >= 0.3 is 0 Å². The summed E-state index contributed by atoms with van der Waals surface area (Å²) in [4.78, 5) is 0. The molecule has 0 aromatic rings. The maximum Gasteiger partial charge on any atom is 0.0867 e. The Morgan fingerprint density at radius 1 is 1.00 bits per heavy atom. The summed E-state index contributed by atoms with van der Waals surface area (Å²) in [5.74, 6) is 0.317. The van der Waals surface area contributed by atoms with Gasteiger partial charge in [-0.25, -0.2) is 0 Å². The minimum atomic E-state index is -0.752. The molecule has 0 spiro atoms. The Kier molecular flexibility index (Phi) is 2.15. The molecule has 0 unspecified atom stereocenters. The second-order valence-corrected chi connectivity index (χ2v) is 5.57. The second-order valence-electron chi connectivity index (χ2n) is 5.57. The van der Waals surface area contributed by atoms with Crippen molar-refractivity contribution in [3.05, 3.63) is 23.3 Å². The van der Waals surface area contributed by atoms with E-state index in [1.54, 1.807) is 0 Å². The van der Waals surface area contributed by atoms with Gasteiger partial charge in [0.25, 0.3) is 0 Å². The zero-order chi connectivity index (χ0) is 11.4. The summed E-state index contributed by atoms with van der Waals surface area (Å²) in [6.07, 6.45) is 4.68. The average molecular weight is 208 g/mol. The summed E-state index contributed by atoms with van der Waals surface area (Å²) in [5.41, 5.74) is 0.699. The van der Waals surface area contributed by atoms with E-state index in [0.717, 1.165) is 17.6 Å². The molecule has 0 amide bonds. The van der Waals surface area contributed by atoms with E-state index in [2.05, 4.69) is 0 Å². The minimum absolute atomic E-state index is 0.159. The van der Waals surface area contributed by atoms with Crippen molar-refractivity contribution in [2.75, 3.05) is 0 Å². The molecule has 2 bridgehead atoms. The Morgan fingerprint density at radius 3 is 1.67 bits per heavy atom. The van der Waals surface area contributed by atoms with Crippen LogP contribution in [0.2, 0.25) is 0 Å². The molecule has 0 aromatic carbocycles. The number of aliphatic hydroxyl groups is 2. The first-order chi connectivity index (χ1) is 6.74. The zero-order valence-electron chi connectivity index (χ0n) is 9.91. The molecule has 0 aliphatic heterocycles. The molecule has 0 heterocycles. The Hall–Kier alpha value is -0.600. The number of hydrogen-bond donors (Lipinski definition) is 2. The number of hydrogen-bond acceptors (Lipinski definition) is 2. The van der Waals surface area contributed by atoms with Gasteiger partial charge in [-0.3, -0.25) is 0 Å². The van der Waals surface area contributed by atoms with Gasteiger partial charge in [-0.1, -0.05) is 23.3 Å². The molecule has 2 nitrogen and oxygen atoms in total.